The number of hydrogen-bond donors (Lipinski definition) is 5. The summed E-state index contributed by atoms with van der Waals surface area (Å²) in [7, 11) is 3.55. The van der Waals surface area contributed by atoms with Crippen LogP contribution in [0.3, 0.4) is 0 Å². The van der Waals surface area contributed by atoms with E-state index in [1.807, 2.05) is 101 Å². The molecule has 0 saturated carbocycles. The van der Waals surface area contributed by atoms with Gasteiger partial charge in [-0.3, -0.25) is 29.1 Å². The molecular weight excluding hydrogens is 799 g/mol. The lowest BCUT2D eigenvalue weighted by Crippen LogP contribution is -2.58. The summed E-state index contributed by atoms with van der Waals surface area (Å²) in [5, 5.41) is 31.6. The van der Waals surface area contributed by atoms with Crippen LogP contribution >= 0.6 is 0 Å². The average molecular weight is 860 g/mol. The topological polar surface area (TPSA) is 186 Å². The molecule has 3 amide bonds. The maximum absolute atomic E-state index is 14.2. The second-order valence-electron chi connectivity index (χ2n) is 17.7. The Hall–Kier alpha value is -6.26. The standard InChI is InChI=1S/C47H61N11O5/c1-30-28-57(35-15-16-39(42(25-35)63-7)48-27-34-9-8-10-37(52-34)38-17-20-49-54-38)24-23-56(30)22-19-43(60)53-44(47(3,4)5)46(62)58-29-36(59)26-41(58)45(61)51-31(2)32-11-13-33(14-12-32)40-18-21-50-55(40)6/h8-18,20-21,25,30-31,36,41,44,48,59H,19,22-24,26-29H2,1-7H3,(H,49,54)(H,51,61)(H,53,60)/t30-,31+,36-,41+,44-/m1/s1. The zero-order valence-electron chi connectivity index (χ0n) is 37.3. The number of ether oxygens (including phenoxy) is 1. The van der Waals surface area contributed by atoms with Gasteiger partial charge in [0.2, 0.25) is 17.7 Å². The highest BCUT2D eigenvalue weighted by Crippen LogP contribution is 2.32. The molecule has 16 nitrogen and oxygen atoms in total. The Kier molecular flexibility index (Phi) is 13.8. The van der Waals surface area contributed by atoms with E-state index in [0.29, 0.717) is 13.1 Å². The Balaban J connectivity index is 0.905. The van der Waals surface area contributed by atoms with E-state index in [1.165, 1.54) is 4.90 Å². The molecule has 3 aromatic heterocycles. The molecule has 2 aromatic carbocycles. The largest absolute Gasteiger partial charge is 0.495 e. The highest BCUT2D eigenvalue weighted by Gasteiger charge is 2.44. The summed E-state index contributed by atoms with van der Waals surface area (Å²) in [4.78, 5) is 52.4. The van der Waals surface area contributed by atoms with Crippen LogP contribution in [0.15, 0.2) is 85.2 Å². The number of benzene rings is 2. The van der Waals surface area contributed by atoms with Crippen molar-refractivity contribution in [2.45, 2.75) is 84.3 Å². The number of anilines is 2. The van der Waals surface area contributed by atoms with E-state index < -0.39 is 23.6 Å². The molecule has 16 heteroatoms. The van der Waals surface area contributed by atoms with Gasteiger partial charge in [0.25, 0.3) is 0 Å². The van der Waals surface area contributed by atoms with Crippen molar-refractivity contribution in [2.75, 3.05) is 50.1 Å². The fourth-order valence-electron chi connectivity index (χ4n) is 8.49. The molecular formula is C47H61N11O5. The quantitative estimate of drug-likeness (QED) is 0.0978. The first-order chi connectivity index (χ1) is 30.2. The van der Waals surface area contributed by atoms with Crippen molar-refractivity contribution in [3.8, 4) is 28.4 Å². The third-order valence-corrected chi connectivity index (χ3v) is 12.1. The monoisotopic (exact) mass is 859 g/mol. The van der Waals surface area contributed by atoms with Gasteiger partial charge in [-0.1, -0.05) is 51.1 Å². The van der Waals surface area contributed by atoms with Gasteiger partial charge in [-0.25, -0.2) is 4.98 Å². The van der Waals surface area contributed by atoms with Crippen LogP contribution in [-0.4, -0.2) is 122 Å². The number of aliphatic hydroxyl groups excluding tert-OH is 1. The molecule has 2 fully saturated rings. The van der Waals surface area contributed by atoms with Crippen LogP contribution in [-0.2, 0) is 28.0 Å². The third-order valence-electron chi connectivity index (χ3n) is 12.1. The van der Waals surface area contributed by atoms with Crippen LogP contribution in [0.1, 0.15) is 64.8 Å². The molecule has 0 spiro atoms. The number of aromatic amines is 1. The Labute approximate surface area is 369 Å². The summed E-state index contributed by atoms with van der Waals surface area (Å²) < 4.78 is 7.60. The summed E-state index contributed by atoms with van der Waals surface area (Å²) in [5.74, 6) is -0.227. The molecule has 0 unspecified atom stereocenters. The average Bonchev–Trinajstić information content (AvgIpc) is 4.06. The van der Waals surface area contributed by atoms with E-state index in [-0.39, 0.29) is 49.2 Å². The number of hydrogen-bond acceptors (Lipinski definition) is 11. The van der Waals surface area contributed by atoms with Gasteiger partial charge >= 0.3 is 0 Å². The lowest BCUT2D eigenvalue weighted by atomic mass is 9.85. The van der Waals surface area contributed by atoms with Gasteiger partial charge in [-0.15, -0.1) is 0 Å². The van der Waals surface area contributed by atoms with E-state index in [1.54, 1.807) is 24.2 Å². The third kappa shape index (κ3) is 10.7. The number of β-amino-alcohol motifs (C(OH)–C–C–N with tert-alkyl or cyclic N) is 1. The van der Waals surface area contributed by atoms with Crippen molar-refractivity contribution in [3.05, 3.63) is 96.4 Å². The number of nitrogens with one attached hydrogen (secondary N) is 4. The predicted molar refractivity (Wildman–Crippen MR) is 243 cm³/mol. The molecule has 7 rings (SSSR count). The first-order valence-electron chi connectivity index (χ1n) is 21.7. The second-order valence-corrected chi connectivity index (χ2v) is 17.7. The summed E-state index contributed by atoms with van der Waals surface area (Å²) in [6.07, 6.45) is 3.00. The zero-order chi connectivity index (χ0) is 44.8. The summed E-state index contributed by atoms with van der Waals surface area (Å²) in [6, 6.07) is 21.8. The van der Waals surface area contributed by atoms with Crippen LogP contribution in [0, 0.1) is 5.41 Å². The van der Waals surface area contributed by atoms with Gasteiger partial charge in [0, 0.05) is 82.8 Å². The predicted octanol–water partition coefficient (Wildman–Crippen LogP) is 4.76. The zero-order valence-corrected chi connectivity index (χ0v) is 37.3. The minimum Gasteiger partial charge on any atom is -0.495 e. The minimum atomic E-state index is -0.896. The maximum atomic E-state index is 14.2. The number of likely N-dealkylation sites (tertiary alicyclic amines) is 1. The number of methoxy groups -OCH3 is 1. The first-order valence-corrected chi connectivity index (χ1v) is 21.7. The van der Waals surface area contributed by atoms with Crippen LogP contribution < -0.4 is 25.6 Å². The molecule has 5 atom stereocenters. The van der Waals surface area contributed by atoms with Crippen LogP contribution in [0.4, 0.5) is 11.4 Å². The van der Waals surface area contributed by atoms with Crippen molar-refractivity contribution in [3.63, 3.8) is 0 Å². The Morgan fingerprint density at radius 3 is 2.46 bits per heavy atom. The molecule has 5 aromatic rings. The van der Waals surface area contributed by atoms with Crippen LogP contribution in [0.25, 0.3) is 22.6 Å². The van der Waals surface area contributed by atoms with Crippen LogP contribution in [0.2, 0.25) is 0 Å². The Bertz CT molecular complexity index is 2340. The van der Waals surface area contributed by atoms with Gasteiger partial charge < -0.3 is 35.6 Å². The van der Waals surface area contributed by atoms with E-state index in [2.05, 4.69) is 54.0 Å². The second kappa shape index (κ2) is 19.4. The lowest BCUT2D eigenvalue weighted by Gasteiger charge is -2.41. The van der Waals surface area contributed by atoms with Crippen molar-refractivity contribution >= 4 is 29.1 Å². The lowest BCUT2D eigenvalue weighted by molar-refractivity contribution is -0.144. The van der Waals surface area contributed by atoms with Gasteiger partial charge in [0.1, 0.15) is 23.5 Å². The van der Waals surface area contributed by atoms with E-state index in [9.17, 15) is 19.5 Å². The van der Waals surface area contributed by atoms with Crippen LogP contribution in [0.5, 0.6) is 5.75 Å². The number of H-pyrrole nitrogens is 1. The number of carbonyl (C=O) groups is 3. The summed E-state index contributed by atoms with van der Waals surface area (Å²) in [5.41, 5.74) is 6.63. The van der Waals surface area contributed by atoms with E-state index >= 15 is 0 Å². The maximum Gasteiger partial charge on any atom is 0.246 e. The molecule has 0 radical (unpaired) electrons. The first kappa shape index (κ1) is 44.8. The normalized spacial score (nSPS) is 19.1. The number of pyridine rings is 1. The molecule has 5 heterocycles. The number of aryl methyl sites for hydroxylation is 1. The smallest absolute Gasteiger partial charge is 0.246 e. The number of aliphatic hydroxyl groups is 1. The number of carbonyl (C=O) groups excluding carboxylic acids is 3. The fourth-order valence-corrected chi connectivity index (χ4v) is 8.49. The van der Waals surface area contributed by atoms with E-state index in [4.69, 9.17) is 9.72 Å². The number of aromatic nitrogens is 5. The van der Waals surface area contributed by atoms with Gasteiger partial charge in [0.05, 0.1) is 48.6 Å². The minimum absolute atomic E-state index is 0.0131. The molecule has 63 heavy (non-hydrogen) atoms. The number of piperazine rings is 1. The summed E-state index contributed by atoms with van der Waals surface area (Å²) >= 11 is 0. The van der Waals surface area contributed by atoms with Crippen molar-refractivity contribution < 1.29 is 24.2 Å². The van der Waals surface area contributed by atoms with Crippen molar-refractivity contribution in [1.82, 2.24) is 45.4 Å². The van der Waals surface area contributed by atoms with Gasteiger partial charge in [-0.2, -0.15) is 10.2 Å². The molecule has 334 valence electrons. The molecule has 2 aliphatic heterocycles. The number of rotatable bonds is 15. The number of nitrogens with zero attached hydrogens (tertiary/aromatic N) is 7. The Morgan fingerprint density at radius 1 is 0.984 bits per heavy atom. The van der Waals surface area contributed by atoms with E-state index in [0.717, 1.165) is 70.7 Å². The fraction of sp³-hybridized carbons (Fsp3) is 0.447. The Morgan fingerprint density at radius 2 is 1.78 bits per heavy atom. The molecule has 0 aliphatic carbocycles. The molecule has 0 bridgehead atoms. The highest BCUT2D eigenvalue weighted by molar-refractivity contribution is 5.93. The molecule has 2 aliphatic rings. The van der Waals surface area contributed by atoms with Gasteiger partial charge in [0.15, 0.2) is 0 Å². The van der Waals surface area contributed by atoms with Crippen molar-refractivity contribution in [2.24, 2.45) is 12.5 Å². The molecule has 5 N–H and O–H groups in total. The van der Waals surface area contributed by atoms with Crippen molar-refractivity contribution in [1.29, 1.82) is 0 Å². The highest BCUT2D eigenvalue weighted by atomic mass is 16.5. The van der Waals surface area contributed by atoms with Gasteiger partial charge in [-0.05, 0) is 66.8 Å². The number of amides is 3. The SMILES string of the molecule is COc1cc(N2CCN(CCC(=O)N[C@H](C(=O)N3C[C@H](O)C[C@H]3C(=O)N[C@@H](C)c3ccc(-c4ccnn4C)cc3)C(C)(C)C)[C@H](C)C2)ccc1NCc1cccc(-c2cc[nH]n2)n1. The summed E-state index contributed by atoms with van der Waals surface area (Å²) in [6.45, 7) is 13.1. The molecule has 2 saturated heterocycles.